The van der Waals surface area contributed by atoms with Crippen LogP contribution in [-0.2, 0) is 22.6 Å². The van der Waals surface area contributed by atoms with Crippen LogP contribution in [0.3, 0.4) is 0 Å². The van der Waals surface area contributed by atoms with Crippen molar-refractivity contribution in [1.82, 2.24) is 14.1 Å². The van der Waals surface area contributed by atoms with Crippen LogP contribution in [0.15, 0.2) is 59.8 Å². The Morgan fingerprint density at radius 1 is 1.12 bits per heavy atom. The van der Waals surface area contributed by atoms with E-state index in [1.54, 1.807) is 10.6 Å². The molecule has 0 radical (unpaired) electrons. The van der Waals surface area contributed by atoms with Crippen molar-refractivity contribution in [3.8, 4) is 0 Å². The van der Waals surface area contributed by atoms with Gasteiger partial charge in [-0.15, -0.1) is 0 Å². The maximum absolute atomic E-state index is 12.7. The van der Waals surface area contributed by atoms with Crippen molar-refractivity contribution in [2.75, 3.05) is 6.54 Å². The molecule has 1 aromatic carbocycles. The highest BCUT2D eigenvalue weighted by Gasteiger charge is 2.31. The van der Waals surface area contributed by atoms with Crippen molar-refractivity contribution in [1.29, 1.82) is 0 Å². The third kappa shape index (κ3) is 3.99. The molecule has 0 saturated carbocycles. The van der Waals surface area contributed by atoms with E-state index in [4.69, 9.17) is 0 Å². The van der Waals surface area contributed by atoms with E-state index in [0.717, 1.165) is 23.8 Å². The fourth-order valence-electron chi connectivity index (χ4n) is 2.34. The third-order valence-corrected chi connectivity index (χ3v) is 5.02. The van der Waals surface area contributed by atoms with Crippen molar-refractivity contribution in [3.63, 3.8) is 0 Å². The Bertz CT molecular complexity index is 964. The minimum absolute atomic E-state index is 0.0302. The number of benzene rings is 1. The zero-order chi connectivity index (χ0) is 18.1. The summed E-state index contributed by atoms with van der Waals surface area (Å²) in [4.78, 5) is 3.91. The normalized spacial score (nSPS) is 12.6. The van der Waals surface area contributed by atoms with Gasteiger partial charge in [0.05, 0.1) is 16.2 Å². The van der Waals surface area contributed by atoms with E-state index >= 15 is 0 Å². The van der Waals surface area contributed by atoms with E-state index in [9.17, 15) is 21.6 Å². The number of imidazole rings is 1. The number of alkyl halides is 3. The first kappa shape index (κ1) is 17.4. The molecule has 3 rings (SSSR count). The van der Waals surface area contributed by atoms with Crippen LogP contribution >= 0.6 is 0 Å². The van der Waals surface area contributed by atoms with Crippen molar-refractivity contribution in [3.05, 3.63) is 66.1 Å². The van der Waals surface area contributed by atoms with E-state index in [2.05, 4.69) is 9.71 Å². The Morgan fingerprint density at radius 3 is 2.64 bits per heavy atom. The monoisotopic (exact) mass is 369 g/mol. The summed E-state index contributed by atoms with van der Waals surface area (Å²) in [7, 11) is -4.03. The molecule has 0 aliphatic carbocycles. The van der Waals surface area contributed by atoms with Gasteiger partial charge in [-0.05, 0) is 30.3 Å². The molecule has 0 bridgehead atoms. The number of pyridine rings is 1. The molecule has 0 atom stereocenters. The summed E-state index contributed by atoms with van der Waals surface area (Å²) in [6, 6.07) is 9.14. The first-order valence-corrected chi connectivity index (χ1v) is 8.83. The predicted octanol–water partition coefficient (Wildman–Crippen LogP) is 2.87. The number of fused-ring (bicyclic) bond motifs is 1. The fraction of sp³-hybridized carbons (Fsp3) is 0.188. The predicted molar refractivity (Wildman–Crippen MR) is 85.5 cm³/mol. The van der Waals surface area contributed by atoms with Gasteiger partial charge in [0.1, 0.15) is 5.65 Å². The van der Waals surface area contributed by atoms with Crippen LogP contribution in [-0.4, -0.2) is 24.3 Å². The average molecular weight is 369 g/mol. The molecule has 1 N–H and O–H groups in total. The van der Waals surface area contributed by atoms with Crippen molar-refractivity contribution < 1.29 is 21.6 Å². The number of halogens is 3. The van der Waals surface area contributed by atoms with Crippen LogP contribution < -0.4 is 4.72 Å². The zero-order valence-corrected chi connectivity index (χ0v) is 13.7. The van der Waals surface area contributed by atoms with Crippen molar-refractivity contribution in [2.45, 2.75) is 17.5 Å². The number of aromatic nitrogens is 2. The molecule has 0 saturated heterocycles. The summed E-state index contributed by atoms with van der Waals surface area (Å²) >= 11 is 0. The lowest BCUT2D eigenvalue weighted by Gasteiger charge is -2.10. The van der Waals surface area contributed by atoms with Gasteiger partial charge in [-0.2, -0.15) is 13.2 Å². The average Bonchev–Trinajstić information content (AvgIpc) is 2.96. The summed E-state index contributed by atoms with van der Waals surface area (Å²) in [5.74, 6) is 0. The summed E-state index contributed by atoms with van der Waals surface area (Å²) < 4.78 is 66.6. The quantitative estimate of drug-likeness (QED) is 0.752. The molecular weight excluding hydrogens is 355 g/mol. The third-order valence-electron chi connectivity index (χ3n) is 3.56. The van der Waals surface area contributed by atoms with Gasteiger partial charge in [0.2, 0.25) is 10.0 Å². The standard InChI is InChI=1S/C16H14F3N3O2S/c17-16(18,19)12-4-3-5-14(10-12)25(23,24)20-8-7-13-11-22-9-2-1-6-15(22)21-13/h1-6,9-11,20H,7-8H2. The first-order valence-electron chi connectivity index (χ1n) is 7.35. The Labute approximate surface area is 142 Å². The van der Waals surface area contributed by atoms with Gasteiger partial charge < -0.3 is 4.40 Å². The van der Waals surface area contributed by atoms with Crippen LogP contribution in [0.25, 0.3) is 5.65 Å². The SMILES string of the molecule is O=S(=O)(NCCc1cn2ccccc2n1)c1cccc(C(F)(F)F)c1. The topological polar surface area (TPSA) is 63.5 Å². The van der Waals surface area contributed by atoms with Crippen LogP contribution in [0.4, 0.5) is 13.2 Å². The highest BCUT2D eigenvalue weighted by molar-refractivity contribution is 7.89. The highest BCUT2D eigenvalue weighted by Crippen LogP contribution is 2.30. The minimum Gasteiger partial charge on any atom is -0.307 e. The molecule has 0 fully saturated rings. The van der Waals surface area contributed by atoms with Gasteiger partial charge in [-0.25, -0.2) is 18.1 Å². The van der Waals surface area contributed by atoms with E-state index in [1.807, 2.05) is 24.4 Å². The largest absolute Gasteiger partial charge is 0.416 e. The zero-order valence-electron chi connectivity index (χ0n) is 12.9. The summed E-state index contributed by atoms with van der Waals surface area (Å²) in [5, 5.41) is 0. The molecule has 25 heavy (non-hydrogen) atoms. The van der Waals surface area contributed by atoms with Crippen LogP contribution in [0.2, 0.25) is 0 Å². The lowest BCUT2D eigenvalue weighted by atomic mass is 10.2. The number of nitrogens with zero attached hydrogens (tertiary/aromatic N) is 2. The number of hydrogen-bond donors (Lipinski definition) is 1. The second-order valence-corrected chi connectivity index (χ2v) is 7.14. The fourth-order valence-corrected chi connectivity index (χ4v) is 3.42. The molecule has 9 heteroatoms. The van der Waals surface area contributed by atoms with E-state index in [0.29, 0.717) is 18.2 Å². The van der Waals surface area contributed by atoms with Gasteiger partial charge in [0.25, 0.3) is 0 Å². The summed E-state index contributed by atoms with van der Waals surface area (Å²) in [6.07, 6.45) is -0.686. The molecule has 5 nitrogen and oxygen atoms in total. The number of sulfonamides is 1. The minimum atomic E-state index is -4.60. The maximum atomic E-state index is 12.7. The lowest BCUT2D eigenvalue weighted by Crippen LogP contribution is -2.26. The van der Waals surface area contributed by atoms with E-state index in [-0.39, 0.29) is 6.54 Å². The summed E-state index contributed by atoms with van der Waals surface area (Å²) in [5.41, 5.74) is 0.409. The van der Waals surface area contributed by atoms with Crippen LogP contribution in [0.5, 0.6) is 0 Å². The Hall–Kier alpha value is -2.39. The second-order valence-electron chi connectivity index (χ2n) is 5.37. The molecule has 2 heterocycles. The van der Waals surface area contributed by atoms with Crippen LogP contribution in [0.1, 0.15) is 11.3 Å². The van der Waals surface area contributed by atoms with Gasteiger partial charge in [0, 0.05) is 25.4 Å². The van der Waals surface area contributed by atoms with Gasteiger partial charge in [-0.3, -0.25) is 0 Å². The molecular formula is C16H14F3N3O2S. The molecule has 0 aliphatic rings. The molecule has 0 unspecified atom stereocenters. The molecule has 2 aromatic heterocycles. The molecule has 0 spiro atoms. The van der Waals surface area contributed by atoms with Crippen LogP contribution in [0, 0.1) is 0 Å². The Balaban J connectivity index is 1.69. The van der Waals surface area contributed by atoms with Gasteiger partial charge in [0.15, 0.2) is 0 Å². The molecule has 0 aliphatic heterocycles. The number of hydrogen-bond acceptors (Lipinski definition) is 3. The maximum Gasteiger partial charge on any atom is 0.416 e. The highest BCUT2D eigenvalue weighted by atomic mass is 32.2. The van der Waals surface area contributed by atoms with E-state index < -0.39 is 26.7 Å². The Morgan fingerprint density at radius 2 is 1.92 bits per heavy atom. The molecule has 3 aromatic rings. The number of rotatable bonds is 5. The van der Waals surface area contributed by atoms with Gasteiger partial charge in [-0.1, -0.05) is 12.1 Å². The first-order chi connectivity index (χ1) is 11.8. The Kier molecular flexibility index (Phi) is 4.53. The van der Waals surface area contributed by atoms with Crippen molar-refractivity contribution >= 4 is 15.7 Å². The smallest absolute Gasteiger partial charge is 0.307 e. The summed E-state index contributed by atoms with van der Waals surface area (Å²) in [6.45, 7) is 0.0302. The van der Waals surface area contributed by atoms with Gasteiger partial charge >= 0.3 is 6.18 Å². The second kappa shape index (κ2) is 6.49. The molecule has 132 valence electrons. The number of nitrogens with one attached hydrogen (secondary N) is 1. The van der Waals surface area contributed by atoms with E-state index in [1.165, 1.54) is 0 Å². The lowest BCUT2D eigenvalue weighted by molar-refractivity contribution is -0.137. The molecule has 0 amide bonds. The van der Waals surface area contributed by atoms with Crippen molar-refractivity contribution in [2.24, 2.45) is 0 Å².